The van der Waals surface area contributed by atoms with Crippen LogP contribution in [0, 0.1) is 11.8 Å². The predicted molar refractivity (Wildman–Crippen MR) is 46.0 cm³/mol. The Bertz CT molecular complexity index is 255. The van der Waals surface area contributed by atoms with Crippen molar-refractivity contribution in [3.8, 4) is 0 Å². The normalized spacial score (nSPS) is 14.9. The molecule has 0 fully saturated rings. The molecule has 0 aliphatic carbocycles. The van der Waals surface area contributed by atoms with Gasteiger partial charge in [-0.3, -0.25) is 4.79 Å². The quantitative estimate of drug-likeness (QED) is 0.576. The molecule has 2 nitrogen and oxygen atoms in total. The second-order valence-corrected chi connectivity index (χ2v) is 3.94. The maximum atomic E-state index is 12.2. The summed E-state index contributed by atoms with van der Waals surface area (Å²) in [5, 5.41) is 0. The minimum Gasteiger partial charge on any atom is -0.465 e. The molecule has 17 heavy (non-hydrogen) atoms. The van der Waals surface area contributed by atoms with Crippen LogP contribution >= 0.6 is 0 Å². The van der Waals surface area contributed by atoms with Crippen molar-refractivity contribution >= 4 is 5.97 Å². The minimum atomic E-state index is -5.26. The van der Waals surface area contributed by atoms with Gasteiger partial charge in [-0.05, 0) is 5.92 Å². The summed E-state index contributed by atoms with van der Waals surface area (Å²) in [5.74, 6) is -5.29. The summed E-state index contributed by atoms with van der Waals surface area (Å²) in [6.45, 7) is 2.77. The van der Waals surface area contributed by atoms with Crippen molar-refractivity contribution in [2.75, 3.05) is 6.61 Å². The third-order valence-corrected chi connectivity index (χ3v) is 1.67. The van der Waals surface area contributed by atoms with Crippen LogP contribution in [0.25, 0.3) is 0 Å². The van der Waals surface area contributed by atoms with Gasteiger partial charge >= 0.3 is 18.3 Å². The fourth-order valence-corrected chi connectivity index (χ4v) is 0.914. The zero-order valence-electron chi connectivity index (χ0n) is 9.15. The number of hydrogen-bond acceptors (Lipinski definition) is 2. The van der Waals surface area contributed by atoms with Gasteiger partial charge < -0.3 is 4.74 Å². The largest absolute Gasteiger partial charge is 0.465 e. The molecule has 0 N–H and O–H groups in total. The van der Waals surface area contributed by atoms with E-state index in [9.17, 15) is 31.1 Å². The predicted octanol–water partition coefficient (Wildman–Crippen LogP) is 3.32. The highest BCUT2D eigenvalue weighted by Crippen LogP contribution is 2.36. The molecule has 1 atom stereocenters. The lowest BCUT2D eigenvalue weighted by Gasteiger charge is -2.20. The third kappa shape index (κ3) is 7.06. The van der Waals surface area contributed by atoms with Gasteiger partial charge in [0.2, 0.25) is 0 Å². The Hall–Kier alpha value is -0.950. The van der Waals surface area contributed by atoms with Gasteiger partial charge in [-0.25, -0.2) is 0 Å². The maximum absolute atomic E-state index is 12.2. The molecule has 0 rings (SSSR count). The second-order valence-electron chi connectivity index (χ2n) is 3.94. The fourth-order valence-electron chi connectivity index (χ4n) is 0.914. The van der Waals surface area contributed by atoms with E-state index in [-0.39, 0.29) is 12.5 Å². The van der Waals surface area contributed by atoms with Crippen molar-refractivity contribution in [2.45, 2.75) is 32.6 Å². The van der Waals surface area contributed by atoms with Gasteiger partial charge in [-0.2, -0.15) is 26.3 Å². The first-order chi connectivity index (χ1) is 7.43. The van der Waals surface area contributed by atoms with Crippen molar-refractivity contribution < 1.29 is 35.9 Å². The van der Waals surface area contributed by atoms with Crippen LogP contribution in [0.2, 0.25) is 0 Å². The Balaban J connectivity index is 4.65. The van der Waals surface area contributed by atoms with E-state index in [0.717, 1.165) is 0 Å². The van der Waals surface area contributed by atoms with Crippen LogP contribution in [0.15, 0.2) is 0 Å². The van der Waals surface area contributed by atoms with Gasteiger partial charge in [0.05, 0.1) is 13.0 Å². The number of halogens is 6. The van der Waals surface area contributed by atoms with Crippen LogP contribution in [-0.4, -0.2) is 24.9 Å². The van der Waals surface area contributed by atoms with Crippen LogP contribution in [-0.2, 0) is 9.53 Å². The molecule has 102 valence electrons. The average molecular weight is 266 g/mol. The highest BCUT2D eigenvalue weighted by molar-refractivity contribution is 5.73. The van der Waals surface area contributed by atoms with E-state index in [0.29, 0.717) is 0 Å². The standard InChI is InChI=1S/C9H12F6O2/c1-5(2)4-17-7(16)6(9(13,14)15)3-8(10,11)12/h5-6H,3-4H2,1-2H3. The van der Waals surface area contributed by atoms with E-state index in [2.05, 4.69) is 4.74 Å². The molecule has 0 spiro atoms. The highest BCUT2D eigenvalue weighted by Gasteiger charge is 2.51. The first-order valence-electron chi connectivity index (χ1n) is 4.73. The van der Waals surface area contributed by atoms with E-state index >= 15 is 0 Å². The summed E-state index contributed by atoms with van der Waals surface area (Å²) >= 11 is 0. The van der Waals surface area contributed by atoms with Crippen molar-refractivity contribution in [3.05, 3.63) is 0 Å². The van der Waals surface area contributed by atoms with Crippen molar-refractivity contribution in [1.82, 2.24) is 0 Å². The Morgan fingerprint density at radius 3 is 1.88 bits per heavy atom. The Morgan fingerprint density at radius 2 is 1.59 bits per heavy atom. The van der Waals surface area contributed by atoms with Crippen molar-refractivity contribution in [3.63, 3.8) is 0 Å². The van der Waals surface area contributed by atoms with Crippen LogP contribution in [0.1, 0.15) is 20.3 Å². The number of hydrogen-bond donors (Lipinski definition) is 0. The molecule has 0 aromatic rings. The Kier molecular flexibility index (Phi) is 5.28. The molecule has 0 bridgehead atoms. The van der Waals surface area contributed by atoms with Crippen LogP contribution < -0.4 is 0 Å². The number of esters is 1. The second kappa shape index (κ2) is 5.59. The zero-order valence-corrected chi connectivity index (χ0v) is 9.15. The molecule has 0 heterocycles. The molecule has 0 aromatic carbocycles. The smallest absolute Gasteiger partial charge is 0.402 e. The van der Waals surface area contributed by atoms with Crippen molar-refractivity contribution in [1.29, 1.82) is 0 Å². The van der Waals surface area contributed by atoms with Crippen molar-refractivity contribution in [2.24, 2.45) is 11.8 Å². The number of rotatable bonds is 4. The minimum absolute atomic E-state index is 0.251. The zero-order chi connectivity index (χ0) is 13.9. The topological polar surface area (TPSA) is 26.3 Å². The first-order valence-corrected chi connectivity index (χ1v) is 4.73. The highest BCUT2D eigenvalue weighted by atomic mass is 19.4. The van der Waals surface area contributed by atoms with Gasteiger partial charge in [0.25, 0.3) is 0 Å². The van der Waals surface area contributed by atoms with Gasteiger partial charge in [-0.15, -0.1) is 0 Å². The number of carbonyl (C=O) groups is 1. The number of carbonyl (C=O) groups excluding carboxylic acids is 1. The molecule has 0 aliphatic rings. The van der Waals surface area contributed by atoms with E-state index in [1.54, 1.807) is 13.8 Å². The molecule has 0 radical (unpaired) electrons. The summed E-state index contributed by atoms with van der Waals surface area (Å²) in [5.41, 5.74) is 0. The average Bonchev–Trinajstić information content (AvgIpc) is 2.07. The summed E-state index contributed by atoms with van der Waals surface area (Å²) in [6.07, 6.45) is -12.6. The molecule has 1 unspecified atom stereocenters. The molecule has 0 aromatic heterocycles. The lowest BCUT2D eigenvalue weighted by Crippen LogP contribution is -2.36. The lowest BCUT2D eigenvalue weighted by molar-refractivity contribution is -0.228. The van der Waals surface area contributed by atoms with Gasteiger partial charge in [0.1, 0.15) is 0 Å². The van der Waals surface area contributed by atoms with Gasteiger partial charge in [0, 0.05) is 0 Å². The fraction of sp³-hybridized carbons (Fsp3) is 0.889. The Labute approximate surface area is 93.9 Å². The molecule has 0 amide bonds. The molecule has 8 heteroatoms. The maximum Gasteiger partial charge on any atom is 0.402 e. The molecule has 0 saturated carbocycles. The Morgan fingerprint density at radius 1 is 1.12 bits per heavy atom. The number of alkyl halides is 6. The van der Waals surface area contributed by atoms with Gasteiger partial charge in [-0.1, -0.05) is 13.8 Å². The summed E-state index contributed by atoms with van der Waals surface area (Å²) in [4.78, 5) is 10.9. The van der Waals surface area contributed by atoms with Crippen LogP contribution in [0.3, 0.4) is 0 Å². The first kappa shape index (κ1) is 16.1. The SMILES string of the molecule is CC(C)COC(=O)C(CC(F)(F)F)C(F)(F)F. The molecular formula is C9H12F6O2. The molecule has 0 aliphatic heterocycles. The molecule has 0 saturated heterocycles. The van der Waals surface area contributed by atoms with E-state index in [1.165, 1.54) is 0 Å². The number of ether oxygens (including phenoxy) is 1. The summed E-state index contributed by atoms with van der Waals surface area (Å²) < 4.78 is 76.5. The van der Waals surface area contributed by atoms with Gasteiger partial charge in [0.15, 0.2) is 5.92 Å². The summed E-state index contributed by atoms with van der Waals surface area (Å²) in [6, 6.07) is 0. The van der Waals surface area contributed by atoms with E-state index in [1.807, 2.05) is 0 Å². The molecular weight excluding hydrogens is 254 g/mol. The lowest BCUT2D eigenvalue weighted by atomic mass is 10.1. The van der Waals surface area contributed by atoms with E-state index < -0.39 is 30.7 Å². The van der Waals surface area contributed by atoms with E-state index in [4.69, 9.17) is 0 Å². The monoisotopic (exact) mass is 266 g/mol. The summed E-state index contributed by atoms with van der Waals surface area (Å²) in [7, 11) is 0. The van der Waals surface area contributed by atoms with Crippen LogP contribution in [0.4, 0.5) is 26.3 Å². The van der Waals surface area contributed by atoms with Crippen LogP contribution in [0.5, 0.6) is 0 Å². The third-order valence-electron chi connectivity index (χ3n) is 1.67.